The third kappa shape index (κ3) is 4.79. The van der Waals surface area contributed by atoms with Gasteiger partial charge in [-0.1, -0.05) is 11.8 Å². The second-order valence-electron chi connectivity index (χ2n) is 5.07. The number of aromatic carboxylic acids is 1. The molecule has 0 aliphatic carbocycles. The van der Waals surface area contributed by atoms with Gasteiger partial charge in [0.15, 0.2) is 5.16 Å². The molecule has 23 heavy (non-hydrogen) atoms. The number of carbonyl (C=O) groups excluding carboxylic acids is 1. The molecule has 0 aliphatic heterocycles. The summed E-state index contributed by atoms with van der Waals surface area (Å²) in [5.41, 5.74) is 2.44. The maximum absolute atomic E-state index is 12.2. The molecule has 1 unspecified atom stereocenters. The highest BCUT2D eigenvalue weighted by Gasteiger charge is 2.16. The molecule has 0 bridgehead atoms. The number of benzene rings is 1. The van der Waals surface area contributed by atoms with Crippen LogP contribution in [-0.2, 0) is 4.79 Å². The van der Waals surface area contributed by atoms with E-state index in [9.17, 15) is 9.59 Å². The van der Waals surface area contributed by atoms with Gasteiger partial charge in [-0.2, -0.15) is 0 Å². The van der Waals surface area contributed by atoms with E-state index in [0.717, 1.165) is 11.4 Å². The first-order valence-electron chi connectivity index (χ1n) is 6.98. The number of carboxylic acids is 1. The molecule has 0 aliphatic rings. The molecule has 2 rings (SSSR count). The predicted molar refractivity (Wildman–Crippen MR) is 88.9 cm³/mol. The summed E-state index contributed by atoms with van der Waals surface area (Å²) < 4.78 is 0. The van der Waals surface area contributed by atoms with E-state index in [4.69, 9.17) is 5.11 Å². The van der Waals surface area contributed by atoms with E-state index in [-0.39, 0.29) is 16.7 Å². The molecule has 1 heterocycles. The number of aryl methyl sites for hydroxylation is 2. The van der Waals surface area contributed by atoms with Crippen LogP contribution in [0.4, 0.5) is 5.69 Å². The molecular weight excluding hydrogens is 314 g/mol. The molecule has 2 aromatic rings. The lowest BCUT2D eigenvalue weighted by Crippen LogP contribution is -2.22. The fourth-order valence-corrected chi connectivity index (χ4v) is 2.77. The van der Waals surface area contributed by atoms with Crippen molar-refractivity contribution >= 4 is 29.3 Å². The van der Waals surface area contributed by atoms with Gasteiger partial charge in [0.05, 0.1) is 10.8 Å². The minimum absolute atomic E-state index is 0.175. The van der Waals surface area contributed by atoms with E-state index in [1.807, 2.05) is 19.9 Å². The van der Waals surface area contributed by atoms with Crippen LogP contribution >= 0.6 is 11.8 Å². The SMILES string of the molecule is Cc1cc(C)nc(SC(C)C(=O)Nc2ccc(C(=O)O)cc2)n1. The van der Waals surface area contributed by atoms with E-state index in [1.165, 1.54) is 23.9 Å². The highest BCUT2D eigenvalue weighted by molar-refractivity contribution is 8.00. The zero-order valence-corrected chi connectivity index (χ0v) is 13.8. The Morgan fingerprint density at radius 3 is 2.22 bits per heavy atom. The largest absolute Gasteiger partial charge is 0.478 e. The highest BCUT2D eigenvalue weighted by atomic mass is 32.2. The van der Waals surface area contributed by atoms with Crippen molar-refractivity contribution in [1.82, 2.24) is 9.97 Å². The summed E-state index contributed by atoms with van der Waals surface area (Å²) >= 11 is 1.28. The third-order valence-electron chi connectivity index (χ3n) is 3.01. The summed E-state index contributed by atoms with van der Waals surface area (Å²) in [5, 5.41) is 11.8. The van der Waals surface area contributed by atoms with Gasteiger partial charge in [-0.05, 0) is 51.1 Å². The third-order valence-corrected chi connectivity index (χ3v) is 3.97. The Labute approximate surface area is 138 Å². The molecule has 1 aromatic heterocycles. The van der Waals surface area contributed by atoms with Crippen molar-refractivity contribution in [3.8, 4) is 0 Å². The molecule has 0 spiro atoms. The van der Waals surface area contributed by atoms with Crippen LogP contribution in [0.3, 0.4) is 0 Å². The zero-order chi connectivity index (χ0) is 17.0. The van der Waals surface area contributed by atoms with Crippen LogP contribution in [0.5, 0.6) is 0 Å². The van der Waals surface area contributed by atoms with Crippen molar-refractivity contribution in [1.29, 1.82) is 0 Å². The van der Waals surface area contributed by atoms with Gasteiger partial charge in [0, 0.05) is 17.1 Å². The molecule has 120 valence electrons. The average Bonchev–Trinajstić information content (AvgIpc) is 2.46. The van der Waals surface area contributed by atoms with Crippen molar-refractivity contribution in [2.45, 2.75) is 31.2 Å². The fraction of sp³-hybridized carbons (Fsp3) is 0.250. The Bertz CT molecular complexity index is 712. The molecule has 7 heteroatoms. The lowest BCUT2D eigenvalue weighted by molar-refractivity contribution is -0.115. The second kappa shape index (κ2) is 7.23. The second-order valence-corrected chi connectivity index (χ2v) is 6.37. The van der Waals surface area contributed by atoms with E-state index in [0.29, 0.717) is 10.8 Å². The minimum atomic E-state index is -1.00. The molecule has 0 radical (unpaired) electrons. The van der Waals surface area contributed by atoms with Crippen molar-refractivity contribution < 1.29 is 14.7 Å². The first-order chi connectivity index (χ1) is 10.8. The van der Waals surface area contributed by atoms with Crippen molar-refractivity contribution in [2.24, 2.45) is 0 Å². The number of rotatable bonds is 5. The Hall–Kier alpha value is -2.41. The fourth-order valence-electron chi connectivity index (χ4n) is 1.90. The van der Waals surface area contributed by atoms with E-state index < -0.39 is 5.97 Å². The predicted octanol–water partition coefficient (Wildman–Crippen LogP) is 2.91. The number of nitrogens with one attached hydrogen (secondary N) is 1. The lowest BCUT2D eigenvalue weighted by atomic mass is 10.2. The summed E-state index contributed by atoms with van der Waals surface area (Å²) in [5.74, 6) is -1.19. The number of anilines is 1. The zero-order valence-electron chi connectivity index (χ0n) is 13.0. The number of hydrogen-bond donors (Lipinski definition) is 2. The monoisotopic (exact) mass is 331 g/mol. The standard InChI is InChI=1S/C16H17N3O3S/c1-9-8-10(2)18-16(17-9)23-11(3)14(20)19-13-6-4-12(5-7-13)15(21)22/h4-8,11H,1-3H3,(H,19,20)(H,21,22). The Kier molecular flexibility index (Phi) is 5.33. The van der Waals surface area contributed by atoms with Crippen LogP contribution < -0.4 is 5.32 Å². The lowest BCUT2D eigenvalue weighted by Gasteiger charge is -2.12. The van der Waals surface area contributed by atoms with Crippen LogP contribution in [-0.4, -0.2) is 32.2 Å². The van der Waals surface area contributed by atoms with Crippen molar-refractivity contribution in [3.05, 3.63) is 47.3 Å². The normalized spacial score (nSPS) is 11.8. The molecule has 0 fully saturated rings. The van der Waals surface area contributed by atoms with Gasteiger partial charge in [-0.3, -0.25) is 4.79 Å². The smallest absolute Gasteiger partial charge is 0.335 e. The minimum Gasteiger partial charge on any atom is -0.478 e. The van der Waals surface area contributed by atoms with Gasteiger partial charge in [-0.15, -0.1) is 0 Å². The maximum Gasteiger partial charge on any atom is 0.335 e. The summed E-state index contributed by atoms with van der Waals surface area (Å²) in [7, 11) is 0. The summed E-state index contributed by atoms with van der Waals surface area (Å²) in [6.45, 7) is 5.54. The van der Waals surface area contributed by atoms with Crippen molar-refractivity contribution in [2.75, 3.05) is 5.32 Å². The van der Waals surface area contributed by atoms with E-state index in [1.54, 1.807) is 19.1 Å². The topological polar surface area (TPSA) is 92.2 Å². The molecule has 1 atom stereocenters. The van der Waals surface area contributed by atoms with Crippen LogP contribution in [0.25, 0.3) is 0 Å². The first-order valence-corrected chi connectivity index (χ1v) is 7.86. The number of carbonyl (C=O) groups is 2. The number of thioether (sulfide) groups is 1. The molecule has 0 saturated carbocycles. The van der Waals surface area contributed by atoms with Gasteiger partial charge in [0.25, 0.3) is 0 Å². The molecule has 2 N–H and O–H groups in total. The molecule has 1 aromatic carbocycles. The van der Waals surface area contributed by atoms with E-state index >= 15 is 0 Å². The van der Waals surface area contributed by atoms with Gasteiger partial charge in [0.1, 0.15) is 0 Å². The number of aromatic nitrogens is 2. The quantitative estimate of drug-likeness (QED) is 0.646. The average molecular weight is 331 g/mol. The Morgan fingerprint density at radius 1 is 1.13 bits per heavy atom. The first kappa shape index (κ1) is 17.0. The molecule has 0 saturated heterocycles. The van der Waals surface area contributed by atoms with E-state index in [2.05, 4.69) is 15.3 Å². The highest BCUT2D eigenvalue weighted by Crippen LogP contribution is 2.21. The number of nitrogens with zero attached hydrogens (tertiary/aromatic N) is 2. The van der Waals surface area contributed by atoms with Crippen LogP contribution in [0.15, 0.2) is 35.5 Å². The summed E-state index contributed by atoms with van der Waals surface area (Å²) in [6.07, 6.45) is 0. The molecule has 1 amide bonds. The number of carboxylic acid groups (broad SMARTS) is 1. The Balaban J connectivity index is 2.00. The molecular formula is C16H17N3O3S. The van der Waals surface area contributed by atoms with Crippen LogP contribution in [0.2, 0.25) is 0 Å². The van der Waals surface area contributed by atoms with Crippen LogP contribution in [0.1, 0.15) is 28.7 Å². The van der Waals surface area contributed by atoms with Crippen molar-refractivity contribution in [3.63, 3.8) is 0 Å². The van der Waals surface area contributed by atoms with Gasteiger partial charge >= 0.3 is 5.97 Å². The summed E-state index contributed by atoms with van der Waals surface area (Å²) in [6, 6.07) is 7.89. The molecule has 6 nitrogen and oxygen atoms in total. The van der Waals surface area contributed by atoms with Gasteiger partial charge in [-0.25, -0.2) is 14.8 Å². The summed E-state index contributed by atoms with van der Waals surface area (Å²) in [4.78, 5) is 31.6. The Morgan fingerprint density at radius 2 is 1.70 bits per heavy atom. The van der Waals surface area contributed by atoms with Gasteiger partial charge in [0.2, 0.25) is 5.91 Å². The number of amides is 1. The maximum atomic E-state index is 12.2. The van der Waals surface area contributed by atoms with Gasteiger partial charge < -0.3 is 10.4 Å². The number of hydrogen-bond acceptors (Lipinski definition) is 5. The van der Waals surface area contributed by atoms with Crippen LogP contribution in [0, 0.1) is 13.8 Å².